The smallest absolute Gasteiger partial charge is 0.232 e. The molecule has 0 fully saturated rings. The average Bonchev–Trinajstić information content (AvgIpc) is 2.14. The summed E-state index contributed by atoms with van der Waals surface area (Å²) >= 11 is 1.61. The lowest BCUT2D eigenvalue weighted by Gasteiger charge is -2.15. The highest BCUT2D eigenvalue weighted by Crippen LogP contribution is 2.02. The van der Waals surface area contributed by atoms with Gasteiger partial charge in [-0.25, -0.2) is 0 Å². The number of rotatable bonds is 7. The number of thioether (sulfide) groups is 1. The van der Waals surface area contributed by atoms with Crippen LogP contribution in [0, 0.1) is 0 Å². The van der Waals surface area contributed by atoms with Gasteiger partial charge in [0.25, 0.3) is 0 Å². The summed E-state index contributed by atoms with van der Waals surface area (Å²) in [6, 6.07) is 0. The van der Waals surface area contributed by atoms with Gasteiger partial charge in [0, 0.05) is 19.3 Å². The zero-order chi connectivity index (χ0) is 10.1. The zero-order valence-electron chi connectivity index (χ0n) is 8.58. The van der Waals surface area contributed by atoms with Crippen molar-refractivity contribution in [1.29, 1.82) is 0 Å². The van der Waals surface area contributed by atoms with Crippen molar-refractivity contribution in [2.45, 2.75) is 19.8 Å². The molecule has 0 rings (SSSR count). The van der Waals surface area contributed by atoms with Crippen molar-refractivity contribution in [2.75, 3.05) is 25.1 Å². The largest absolute Gasteiger partial charge is 0.345 e. The van der Waals surface area contributed by atoms with Crippen LogP contribution in [0.2, 0.25) is 0 Å². The van der Waals surface area contributed by atoms with Crippen LogP contribution in [0.25, 0.3) is 0 Å². The molecule has 0 aromatic carbocycles. The Hall–Kier alpha value is -0.440. The number of nitrogens with zero attached hydrogens (tertiary/aromatic N) is 1. The molecule has 0 atom stereocenters. The molecule has 76 valence electrons. The van der Waals surface area contributed by atoms with Crippen LogP contribution in [-0.2, 0) is 4.79 Å². The van der Waals surface area contributed by atoms with Gasteiger partial charge in [-0.1, -0.05) is 19.4 Å². The molecule has 2 nitrogen and oxygen atoms in total. The van der Waals surface area contributed by atoms with E-state index in [9.17, 15) is 4.79 Å². The van der Waals surface area contributed by atoms with Crippen LogP contribution in [0.15, 0.2) is 12.7 Å². The lowest BCUT2D eigenvalue weighted by molar-refractivity contribution is -0.127. The van der Waals surface area contributed by atoms with Crippen molar-refractivity contribution in [3.63, 3.8) is 0 Å². The van der Waals surface area contributed by atoms with E-state index < -0.39 is 0 Å². The van der Waals surface area contributed by atoms with E-state index in [0.29, 0.717) is 5.75 Å². The Morgan fingerprint density at radius 2 is 2.31 bits per heavy atom. The SMILES string of the molecule is C=CCSCC(=O)N(C)CCCC. The Bertz CT molecular complexity index is 159. The highest BCUT2D eigenvalue weighted by molar-refractivity contribution is 8.00. The van der Waals surface area contributed by atoms with Gasteiger partial charge in [0.2, 0.25) is 5.91 Å². The van der Waals surface area contributed by atoms with E-state index in [2.05, 4.69) is 13.5 Å². The standard InChI is InChI=1S/C10H19NOS/c1-4-6-7-11(3)10(12)9-13-8-5-2/h5H,2,4,6-9H2,1,3H3. The minimum atomic E-state index is 0.223. The van der Waals surface area contributed by atoms with Gasteiger partial charge in [-0.05, 0) is 6.42 Å². The van der Waals surface area contributed by atoms with E-state index in [1.165, 1.54) is 0 Å². The fraction of sp³-hybridized carbons (Fsp3) is 0.700. The number of amides is 1. The molecule has 0 saturated carbocycles. The normalized spacial score (nSPS) is 9.69. The summed E-state index contributed by atoms with van der Waals surface area (Å²) in [4.78, 5) is 13.2. The van der Waals surface area contributed by atoms with Crippen LogP contribution in [0.1, 0.15) is 19.8 Å². The first kappa shape index (κ1) is 12.6. The topological polar surface area (TPSA) is 20.3 Å². The molecule has 0 heterocycles. The molecule has 0 unspecified atom stereocenters. The van der Waals surface area contributed by atoms with Crippen LogP contribution >= 0.6 is 11.8 Å². The number of hydrogen-bond acceptors (Lipinski definition) is 2. The summed E-state index contributed by atoms with van der Waals surface area (Å²) in [5, 5.41) is 0. The van der Waals surface area contributed by atoms with Crippen LogP contribution in [0.5, 0.6) is 0 Å². The second kappa shape index (κ2) is 8.17. The molecule has 0 bridgehead atoms. The molecule has 1 amide bonds. The number of carbonyl (C=O) groups is 1. The van der Waals surface area contributed by atoms with Crippen molar-refractivity contribution in [1.82, 2.24) is 4.90 Å². The van der Waals surface area contributed by atoms with Crippen molar-refractivity contribution in [3.8, 4) is 0 Å². The second-order valence-electron chi connectivity index (χ2n) is 2.97. The summed E-state index contributed by atoms with van der Waals surface area (Å²) in [6.07, 6.45) is 4.05. The van der Waals surface area contributed by atoms with E-state index in [-0.39, 0.29) is 5.91 Å². The highest BCUT2D eigenvalue weighted by atomic mass is 32.2. The van der Waals surface area contributed by atoms with Crippen LogP contribution < -0.4 is 0 Å². The van der Waals surface area contributed by atoms with E-state index in [0.717, 1.165) is 25.1 Å². The maximum absolute atomic E-state index is 11.4. The Balaban J connectivity index is 3.50. The molecule has 3 heteroatoms. The Labute approximate surface area is 85.4 Å². The number of unbranched alkanes of at least 4 members (excludes halogenated alkanes) is 1. The predicted molar refractivity (Wildman–Crippen MR) is 60.1 cm³/mol. The summed E-state index contributed by atoms with van der Waals surface area (Å²) in [7, 11) is 1.87. The van der Waals surface area contributed by atoms with Gasteiger partial charge in [0.1, 0.15) is 0 Å². The van der Waals surface area contributed by atoms with E-state index in [1.807, 2.05) is 13.1 Å². The van der Waals surface area contributed by atoms with Crippen LogP contribution in [0.3, 0.4) is 0 Å². The molecule has 0 aromatic rings. The zero-order valence-corrected chi connectivity index (χ0v) is 9.40. The molecule has 13 heavy (non-hydrogen) atoms. The number of hydrogen-bond donors (Lipinski definition) is 0. The number of carbonyl (C=O) groups excluding carboxylic acids is 1. The first-order valence-electron chi connectivity index (χ1n) is 4.65. The molecule has 0 spiro atoms. The van der Waals surface area contributed by atoms with E-state index >= 15 is 0 Å². The molecular formula is C10H19NOS. The Kier molecular flexibility index (Phi) is 7.90. The van der Waals surface area contributed by atoms with Gasteiger partial charge in [0.15, 0.2) is 0 Å². The third kappa shape index (κ3) is 6.70. The van der Waals surface area contributed by atoms with E-state index in [1.54, 1.807) is 16.7 Å². The second-order valence-corrected chi connectivity index (χ2v) is 4.00. The third-order valence-electron chi connectivity index (χ3n) is 1.73. The lowest BCUT2D eigenvalue weighted by Crippen LogP contribution is -2.29. The Morgan fingerprint density at radius 3 is 2.85 bits per heavy atom. The maximum Gasteiger partial charge on any atom is 0.232 e. The van der Waals surface area contributed by atoms with Crippen LogP contribution in [-0.4, -0.2) is 35.9 Å². The summed E-state index contributed by atoms with van der Waals surface area (Å²) in [6.45, 7) is 6.61. The fourth-order valence-electron chi connectivity index (χ4n) is 0.860. The predicted octanol–water partition coefficient (Wildman–Crippen LogP) is 2.16. The van der Waals surface area contributed by atoms with Gasteiger partial charge in [0.05, 0.1) is 5.75 Å². The maximum atomic E-state index is 11.4. The fourth-order valence-corrected chi connectivity index (χ4v) is 1.54. The molecule has 0 N–H and O–H groups in total. The summed E-state index contributed by atoms with van der Waals surface area (Å²) in [5.41, 5.74) is 0. The minimum absolute atomic E-state index is 0.223. The lowest BCUT2D eigenvalue weighted by atomic mass is 10.3. The van der Waals surface area contributed by atoms with Crippen molar-refractivity contribution < 1.29 is 4.79 Å². The van der Waals surface area contributed by atoms with Crippen molar-refractivity contribution in [3.05, 3.63) is 12.7 Å². The molecule has 0 aliphatic carbocycles. The van der Waals surface area contributed by atoms with Crippen molar-refractivity contribution in [2.24, 2.45) is 0 Å². The molecule has 0 radical (unpaired) electrons. The van der Waals surface area contributed by atoms with Gasteiger partial charge in [-0.3, -0.25) is 4.79 Å². The average molecular weight is 201 g/mol. The minimum Gasteiger partial charge on any atom is -0.345 e. The monoisotopic (exact) mass is 201 g/mol. The summed E-state index contributed by atoms with van der Waals surface area (Å²) < 4.78 is 0. The Morgan fingerprint density at radius 1 is 1.62 bits per heavy atom. The summed E-state index contributed by atoms with van der Waals surface area (Å²) in [5.74, 6) is 1.65. The molecule has 0 aromatic heterocycles. The molecular weight excluding hydrogens is 182 g/mol. The highest BCUT2D eigenvalue weighted by Gasteiger charge is 2.06. The quantitative estimate of drug-likeness (QED) is 0.465. The third-order valence-corrected chi connectivity index (χ3v) is 2.66. The van der Waals surface area contributed by atoms with Gasteiger partial charge in [-0.15, -0.1) is 18.3 Å². The molecule has 0 aliphatic heterocycles. The first-order chi connectivity index (χ1) is 6.22. The van der Waals surface area contributed by atoms with Gasteiger partial charge >= 0.3 is 0 Å². The first-order valence-corrected chi connectivity index (χ1v) is 5.80. The molecule has 0 saturated heterocycles. The van der Waals surface area contributed by atoms with Crippen molar-refractivity contribution >= 4 is 17.7 Å². The molecule has 0 aliphatic rings. The van der Waals surface area contributed by atoms with Gasteiger partial charge in [-0.2, -0.15) is 0 Å². The van der Waals surface area contributed by atoms with E-state index in [4.69, 9.17) is 0 Å². The van der Waals surface area contributed by atoms with Crippen LogP contribution in [0.4, 0.5) is 0 Å². The van der Waals surface area contributed by atoms with Gasteiger partial charge < -0.3 is 4.90 Å².